The van der Waals surface area contributed by atoms with Crippen molar-refractivity contribution in [3.8, 4) is 6.07 Å². The van der Waals surface area contributed by atoms with E-state index in [0.717, 1.165) is 5.56 Å². The molecule has 3 N–H and O–H groups in total. The molecule has 0 aromatic heterocycles. The average Bonchev–Trinajstić information content (AvgIpc) is 2.79. The lowest BCUT2D eigenvalue weighted by molar-refractivity contribution is -0.141. The first-order chi connectivity index (χ1) is 16.5. The molecule has 1 rings (SSSR count). The first-order valence-corrected chi connectivity index (χ1v) is 12.2. The van der Waals surface area contributed by atoms with Crippen molar-refractivity contribution in [3.05, 3.63) is 47.0 Å². The molecule has 0 bridgehead atoms. The number of likely N-dealkylation sites (N-methyl/N-ethyl adjacent to an activating group) is 2. The summed E-state index contributed by atoms with van der Waals surface area (Å²) in [4.78, 5) is 40.2. The normalized spacial score (nSPS) is 15.0. The van der Waals surface area contributed by atoms with Crippen LogP contribution in [-0.4, -0.2) is 60.0 Å². The molecule has 0 saturated carbocycles. The number of carbonyl (C=O) groups excluding carboxylic acids is 2. The second-order valence-electron chi connectivity index (χ2n) is 11.3. The third kappa shape index (κ3) is 7.41. The van der Waals surface area contributed by atoms with Crippen LogP contribution in [-0.2, 0) is 19.8 Å². The fourth-order valence-corrected chi connectivity index (χ4v) is 4.28. The van der Waals surface area contributed by atoms with E-state index in [1.807, 2.05) is 54.5 Å². The van der Waals surface area contributed by atoms with Crippen LogP contribution in [0.3, 0.4) is 0 Å². The number of nitriles is 1. The summed E-state index contributed by atoms with van der Waals surface area (Å²) in [5.74, 6) is -1.73. The number of carboxylic acids is 1. The smallest absolute Gasteiger partial charge is 0.331 e. The first kappa shape index (κ1) is 30.9. The van der Waals surface area contributed by atoms with Crippen molar-refractivity contribution in [2.45, 2.75) is 78.9 Å². The fraction of sp³-hybridized carbons (Fsp3) is 0.571. The molecule has 3 atom stereocenters. The van der Waals surface area contributed by atoms with Crippen molar-refractivity contribution in [1.82, 2.24) is 15.5 Å². The Labute approximate surface area is 215 Å². The first-order valence-electron chi connectivity index (χ1n) is 12.2. The number of hydrogen-bond acceptors (Lipinski definition) is 5. The number of benzene rings is 1. The minimum atomic E-state index is -1.04. The molecule has 0 saturated heterocycles. The Morgan fingerprint density at radius 1 is 1.11 bits per heavy atom. The molecule has 0 heterocycles. The molecule has 1 aromatic carbocycles. The highest BCUT2D eigenvalue weighted by Crippen LogP contribution is 2.29. The van der Waals surface area contributed by atoms with Crippen LogP contribution in [0.15, 0.2) is 35.9 Å². The van der Waals surface area contributed by atoms with Gasteiger partial charge in [0.15, 0.2) is 0 Å². The minimum absolute atomic E-state index is 0.0408. The quantitative estimate of drug-likeness (QED) is 0.425. The van der Waals surface area contributed by atoms with Crippen molar-refractivity contribution in [2.75, 3.05) is 14.1 Å². The third-order valence-electron chi connectivity index (χ3n) is 6.64. The van der Waals surface area contributed by atoms with Gasteiger partial charge in [-0.3, -0.25) is 9.59 Å². The zero-order valence-electron chi connectivity index (χ0n) is 23.3. The average molecular weight is 499 g/mol. The molecular weight excluding hydrogens is 456 g/mol. The summed E-state index contributed by atoms with van der Waals surface area (Å²) in [6, 6.07) is 7.27. The fourth-order valence-electron chi connectivity index (χ4n) is 4.28. The highest BCUT2D eigenvalue weighted by atomic mass is 16.4. The van der Waals surface area contributed by atoms with Crippen molar-refractivity contribution in [1.29, 1.82) is 5.26 Å². The molecule has 0 fully saturated rings. The third-order valence-corrected chi connectivity index (χ3v) is 6.64. The predicted molar refractivity (Wildman–Crippen MR) is 141 cm³/mol. The summed E-state index contributed by atoms with van der Waals surface area (Å²) >= 11 is 0. The Morgan fingerprint density at radius 2 is 1.69 bits per heavy atom. The Balaban J connectivity index is 3.35. The minimum Gasteiger partial charge on any atom is -0.478 e. The van der Waals surface area contributed by atoms with Gasteiger partial charge in [0.05, 0.1) is 23.7 Å². The van der Waals surface area contributed by atoms with Crippen LogP contribution in [0.25, 0.3) is 0 Å². The number of aliphatic carboxylic acids is 1. The van der Waals surface area contributed by atoms with Gasteiger partial charge < -0.3 is 20.6 Å². The van der Waals surface area contributed by atoms with E-state index in [0.29, 0.717) is 5.56 Å². The van der Waals surface area contributed by atoms with Crippen LogP contribution in [0.1, 0.15) is 66.5 Å². The second kappa shape index (κ2) is 12.2. The van der Waals surface area contributed by atoms with E-state index in [9.17, 15) is 24.8 Å². The Hall–Kier alpha value is -3.18. The van der Waals surface area contributed by atoms with Gasteiger partial charge in [-0.15, -0.1) is 0 Å². The monoisotopic (exact) mass is 498 g/mol. The summed E-state index contributed by atoms with van der Waals surface area (Å²) < 4.78 is 0. The maximum atomic E-state index is 13.7. The topological polar surface area (TPSA) is 123 Å². The van der Waals surface area contributed by atoms with E-state index in [4.69, 9.17) is 0 Å². The molecule has 8 nitrogen and oxygen atoms in total. The summed E-state index contributed by atoms with van der Waals surface area (Å²) in [6.07, 6.45) is 1.58. The van der Waals surface area contributed by atoms with Crippen molar-refractivity contribution < 1.29 is 19.5 Å². The lowest BCUT2D eigenvalue weighted by Crippen LogP contribution is -2.61. The summed E-state index contributed by atoms with van der Waals surface area (Å²) in [5.41, 5.74) is 0.175. The largest absolute Gasteiger partial charge is 0.478 e. The summed E-state index contributed by atoms with van der Waals surface area (Å²) in [7, 11) is 3.32. The van der Waals surface area contributed by atoms with Gasteiger partial charge in [0.2, 0.25) is 11.8 Å². The molecule has 36 heavy (non-hydrogen) atoms. The van der Waals surface area contributed by atoms with E-state index in [1.165, 1.54) is 11.8 Å². The Morgan fingerprint density at radius 3 is 2.14 bits per heavy atom. The van der Waals surface area contributed by atoms with Crippen molar-refractivity contribution in [3.63, 3.8) is 0 Å². The second-order valence-corrected chi connectivity index (χ2v) is 11.3. The summed E-state index contributed by atoms with van der Waals surface area (Å²) in [6.45, 7) is 14.8. The van der Waals surface area contributed by atoms with E-state index in [-0.39, 0.29) is 23.3 Å². The maximum Gasteiger partial charge on any atom is 0.331 e. The van der Waals surface area contributed by atoms with Gasteiger partial charge >= 0.3 is 5.97 Å². The van der Waals surface area contributed by atoms with Crippen LogP contribution in [0, 0.1) is 22.7 Å². The molecular formula is C28H42N4O4. The molecule has 1 unspecified atom stereocenters. The van der Waals surface area contributed by atoms with E-state index >= 15 is 0 Å². The number of nitrogens with zero attached hydrogens (tertiary/aromatic N) is 2. The number of hydrogen-bond donors (Lipinski definition) is 3. The number of carboxylic acid groups (broad SMARTS) is 1. The zero-order valence-corrected chi connectivity index (χ0v) is 23.3. The Kier molecular flexibility index (Phi) is 10.4. The number of carbonyl (C=O) groups is 3. The molecule has 0 aliphatic rings. The molecule has 1 aromatic rings. The van der Waals surface area contributed by atoms with Gasteiger partial charge in [0.25, 0.3) is 0 Å². The van der Waals surface area contributed by atoms with E-state index in [2.05, 4.69) is 16.7 Å². The van der Waals surface area contributed by atoms with Crippen LogP contribution in [0.2, 0.25) is 0 Å². The molecule has 0 aliphatic carbocycles. The van der Waals surface area contributed by atoms with Gasteiger partial charge in [-0.25, -0.2) is 4.79 Å². The van der Waals surface area contributed by atoms with E-state index in [1.54, 1.807) is 38.4 Å². The zero-order chi connectivity index (χ0) is 28.0. The lowest BCUT2D eigenvalue weighted by Gasteiger charge is -2.40. The van der Waals surface area contributed by atoms with Crippen LogP contribution >= 0.6 is 0 Å². The van der Waals surface area contributed by atoms with Gasteiger partial charge in [-0.2, -0.15) is 5.26 Å². The number of amides is 2. The Bertz CT molecular complexity index is 1030. The molecule has 198 valence electrons. The van der Waals surface area contributed by atoms with Gasteiger partial charge in [-0.05, 0) is 43.0 Å². The SMILES string of the molecule is CN[C@H](C(=O)NC(C(=O)N(C)[C@H](/C=C(\C)C(=O)O)C(C)C)C(C)(C)C)C(C)(C)c1cccc(C#N)c1. The van der Waals surface area contributed by atoms with Crippen molar-refractivity contribution in [2.24, 2.45) is 11.3 Å². The highest BCUT2D eigenvalue weighted by molar-refractivity contribution is 5.91. The maximum absolute atomic E-state index is 13.7. The molecule has 8 heteroatoms. The molecule has 0 aliphatic heterocycles. The molecule has 0 radical (unpaired) electrons. The molecule has 2 amide bonds. The van der Waals surface area contributed by atoms with E-state index < -0.39 is 34.9 Å². The molecule has 0 spiro atoms. The van der Waals surface area contributed by atoms with Crippen LogP contribution in [0.4, 0.5) is 0 Å². The van der Waals surface area contributed by atoms with Crippen LogP contribution < -0.4 is 10.6 Å². The van der Waals surface area contributed by atoms with Gasteiger partial charge in [0, 0.05) is 18.0 Å². The van der Waals surface area contributed by atoms with Gasteiger partial charge in [-0.1, -0.05) is 66.7 Å². The number of nitrogens with one attached hydrogen (secondary N) is 2. The summed E-state index contributed by atoms with van der Waals surface area (Å²) in [5, 5.41) is 24.7. The van der Waals surface area contributed by atoms with Crippen LogP contribution in [0.5, 0.6) is 0 Å². The van der Waals surface area contributed by atoms with Crippen molar-refractivity contribution >= 4 is 17.8 Å². The standard InChI is InChI=1S/C28H42N4O4/c1-17(2)21(14-18(3)26(35)36)32(10)25(34)23(27(4,5)6)31-24(33)22(30-9)28(7,8)20-13-11-12-19(15-20)16-29/h11-15,17,21-23,30H,1-10H3,(H,31,33)(H,35,36)/b18-14+/t21-,22-,23?/m1/s1. The lowest BCUT2D eigenvalue weighted by atomic mass is 9.76. The highest BCUT2D eigenvalue weighted by Gasteiger charge is 2.41. The van der Waals surface area contributed by atoms with Gasteiger partial charge in [0.1, 0.15) is 6.04 Å². The predicted octanol–water partition coefficient (Wildman–Crippen LogP) is 3.47. The number of rotatable bonds is 10.